The van der Waals surface area contributed by atoms with Crippen LogP contribution in [0.5, 0.6) is 0 Å². The minimum Gasteiger partial charge on any atom is -0.351 e. The molecule has 6 nitrogen and oxygen atoms in total. The first-order chi connectivity index (χ1) is 12.4. The number of rotatable bonds is 6. The summed E-state index contributed by atoms with van der Waals surface area (Å²) in [7, 11) is 0. The molecule has 1 fully saturated rings. The number of hydrogen-bond donors (Lipinski definition) is 1. The van der Waals surface area contributed by atoms with Crippen molar-refractivity contribution in [3.05, 3.63) is 29.2 Å². The Labute approximate surface area is 156 Å². The number of nitrogens with one attached hydrogen (secondary N) is 1. The number of carbonyl (C=O) groups is 1. The number of aryl methyl sites for hydroxylation is 1. The Morgan fingerprint density at radius 1 is 1.27 bits per heavy atom. The summed E-state index contributed by atoms with van der Waals surface area (Å²) in [6.07, 6.45) is 6.01. The highest BCUT2D eigenvalue weighted by atomic mass is 16.1. The van der Waals surface area contributed by atoms with Crippen molar-refractivity contribution in [2.75, 3.05) is 26.2 Å². The molecule has 1 saturated heterocycles. The zero-order valence-corrected chi connectivity index (χ0v) is 16.5. The number of amides is 1. The standard InChI is InChI=1S/C20H31N5O/c1-5-8-16-15(19(26)21-9-12-24-10-6-7-11-24)14-22-18-13-17(20(2,3)4)23-25(16)18/h13-14H,5-12H2,1-4H3,(H,21,26). The van der Waals surface area contributed by atoms with E-state index in [4.69, 9.17) is 5.10 Å². The Morgan fingerprint density at radius 3 is 2.65 bits per heavy atom. The fourth-order valence-corrected chi connectivity index (χ4v) is 3.44. The Morgan fingerprint density at radius 2 is 2.00 bits per heavy atom. The number of fused-ring (bicyclic) bond motifs is 1. The minimum atomic E-state index is -0.0464. The molecule has 1 aliphatic heterocycles. The Hall–Kier alpha value is -1.95. The highest BCUT2D eigenvalue weighted by Gasteiger charge is 2.22. The lowest BCUT2D eigenvalue weighted by molar-refractivity contribution is 0.0947. The summed E-state index contributed by atoms with van der Waals surface area (Å²) in [5.41, 5.74) is 3.35. The summed E-state index contributed by atoms with van der Waals surface area (Å²) >= 11 is 0. The van der Waals surface area contributed by atoms with Gasteiger partial charge < -0.3 is 10.2 Å². The van der Waals surface area contributed by atoms with E-state index in [1.807, 2.05) is 10.6 Å². The lowest BCUT2D eigenvalue weighted by Gasteiger charge is -2.16. The fraction of sp³-hybridized carbons (Fsp3) is 0.650. The van der Waals surface area contributed by atoms with Crippen molar-refractivity contribution in [2.45, 2.75) is 58.8 Å². The van der Waals surface area contributed by atoms with Gasteiger partial charge in [-0.25, -0.2) is 9.50 Å². The van der Waals surface area contributed by atoms with Crippen LogP contribution in [-0.4, -0.2) is 51.6 Å². The van der Waals surface area contributed by atoms with Gasteiger partial charge in [0, 0.05) is 30.8 Å². The lowest BCUT2D eigenvalue weighted by Crippen LogP contribution is -2.34. The van der Waals surface area contributed by atoms with Crippen molar-refractivity contribution < 1.29 is 4.79 Å². The molecule has 3 rings (SSSR count). The Kier molecular flexibility index (Phi) is 5.61. The van der Waals surface area contributed by atoms with Crippen molar-refractivity contribution in [2.24, 2.45) is 0 Å². The molecule has 6 heteroatoms. The van der Waals surface area contributed by atoms with Crippen molar-refractivity contribution in [3.63, 3.8) is 0 Å². The van der Waals surface area contributed by atoms with Gasteiger partial charge in [0.25, 0.3) is 5.91 Å². The van der Waals surface area contributed by atoms with E-state index in [0.717, 1.165) is 49.5 Å². The molecule has 0 bridgehead atoms. The first-order valence-electron chi connectivity index (χ1n) is 9.79. The number of nitrogens with zero attached hydrogens (tertiary/aromatic N) is 4. The van der Waals surface area contributed by atoms with Gasteiger partial charge >= 0.3 is 0 Å². The summed E-state index contributed by atoms with van der Waals surface area (Å²) in [6, 6.07) is 2.02. The molecule has 2 aromatic rings. The van der Waals surface area contributed by atoms with E-state index in [9.17, 15) is 4.79 Å². The molecular weight excluding hydrogens is 326 g/mol. The quantitative estimate of drug-likeness (QED) is 0.863. The normalized spacial score (nSPS) is 15.7. The maximum absolute atomic E-state index is 12.8. The van der Waals surface area contributed by atoms with Gasteiger partial charge in [-0.05, 0) is 32.4 Å². The molecule has 1 N–H and O–H groups in total. The van der Waals surface area contributed by atoms with E-state index in [2.05, 4.69) is 42.9 Å². The van der Waals surface area contributed by atoms with Gasteiger partial charge in [0.15, 0.2) is 5.65 Å². The molecule has 0 saturated carbocycles. The molecule has 2 aromatic heterocycles. The summed E-state index contributed by atoms with van der Waals surface area (Å²) in [6.45, 7) is 12.4. The van der Waals surface area contributed by atoms with Crippen molar-refractivity contribution in [1.82, 2.24) is 24.8 Å². The van der Waals surface area contributed by atoms with Crippen molar-refractivity contribution >= 4 is 11.6 Å². The molecule has 0 aromatic carbocycles. The lowest BCUT2D eigenvalue weighted by atomic mass is 9.93. The predicted molar refractivity (Wildman–Crippen MR) is 104 cm³/mol. The predicted octanol–water partition coefficient (Wildman–Crippen LogP) is 2.80. The summed E-state index contributed by atoms with van der Waals surface area (Å²) in [5, 5.41) is 7.82. The molecule has 0 atom stereocenters. The van der Waals surface area contributed by atoms with Gasteiger partial charge in [-0.1, -0.05) is 34.1 Å². The fourth-order valence-electron chi connectivity index (χ4n) is 3.44. The molecule has 0 aliphatic carbocycles. The van der Waals surface area contributed by atoms with Crippen LogP contribution in [0.4, 0.5) is 0 Å². The molecule has 0 unspecified atom stereocenters. The van der Waals surface area contributed by atoms with E-state index < -0.39 is 0 Å². The maximum Gasteiger partial charge on any atom is 0.254 e. The molecule has 1 aliphatic rings. The first-order valence-corrected chi connectivity index (χ1v) is 9.79. The van der Waals surface area contributed by atoms with Gasteiger partial charge in [0.2, 0.25) is 0 Å². The second kappa shape index (κ2) is 7.74. The SMILES string of the molecule is CCCc1c(C(=O)NCCN2CCCC2)cnc2cc(C(C)(C)C)nn12. The number of carbonyl (C=O) groups excluding carboxylic acids is 1. The van der Waals surface area contributed by atoms with Crippen molar-refractivity contribution in [3.8, 4) is 0 Å². The first kappa shape index (κ1) is 18.8. The van der Waals surface area contributed by atoms with Crippen LogP contribution in [0.1, 0.15) is 68.7 Å². The molecule has 0 spiro atoms. The zero-order chi connectivity index (χ0) is 18.7. The van der Waals surface area contributed by atoms with Crippen LogP contribution < -0.4 is 5.32 Å². The Balaban J connectivity index is 1.81. The van der Waals surface area contributed by atoms with Crippen LogP contribution in [0.2, 0.25) is 0 Å². The van der Waals surface area contributed by atoms with E-state index >= 15 is 0 Å². The summed E-state index contributed by atoms with van der Waals surface area (Å²) < 4.78 is 1.86. The van der Waals surface area contributed by atoms with Crippen LogP contribution in [0.15, 0.2) is 12.3 Å². The average Bonchev–Trinajstić information content (AvgIpc) is 3.23. The van der Waals surface area contributed by atoms with E-state index in [0.29, 0.717) is 12.1 Å². The molecular formula is C20H31N5O. The third-order valence-electron chi connectivity index (χ3n) is 5.00. The van der Waals surface area contributed by atoms with Crippen LogP contribution in [-0.2, 0) is 11.8 Å². The molecule has 26 heavy (non-hydrogen) atoms. The van der Waals surface area contributed by atoms with Gasteiger partial charge in [-0.2, -0.15) is 5.10 Å². The third kappa shape index (κ3) is 4.06. The van der Waals surface area contributed by atoms with Crippen LogP contribution in [0.3, 0.4) is 0 Å². The molecule has 0 radical (unpaired) electrons. The third-order valence-corrected chi connectivity index (χ3v) is 5.00. The van der Waals surface area contributed by atoms with E-state index in [1.54, 1.807) is 6.20 Å². The molecule has 1 amide bonds. The minimum absolute atomic E-state index is 0.0463. The van der Waals surface area contributed by atoms with E-state index in [1.165, 1.54) is 12.8 Å². The maximum atomic E-state index is 12.8. The number of hydrogen-bond acceptors (Lipinski definition) is 4. The van der Waals surface area contributed by atoms with Crippen molar-refractivity contribution in [1.29, 1.82) is 0 Å². The second-order valence-corrected chi connectivity index (χ2v) is 8.22. The zero-order valence-electron chi connectivity index (χ0n) is 16.5. The van der Waals surface area contributed by atoms with Gasteiger partial charge in [-0.3, -0.25) is 4.79 Å². The number of aromatic nitrogens is 3. The average molecular weight is 358 g/mol. The van der Waals surface area contributed by atoms with Crippen LogP contribution >= 0.6 is 0 Å². The van der Waals surface area contributed by atoms with Gasteiger partial charge in [0.1, 0.15) is 0 Å². The van der Waals surface area contributed by atoms with E-state index in [-0.39, 0.29) is 11.3 Å². The summed E-state index contributed by atoms with van der Waals surface area (Å²) in [5.74, 6) is -0.0464. The second-order valence-electron chi connectivity index (χ2n) is 8.22. The molecule has 3 heterocycles. The highest BCUT2D eigenvalue weighted by molar-refractivity contribution is 5.95. The molecule has 142 valence electrons. The highest BCUT2D eigenvalue weighted by Crippen LogP contribution is 2.23. The van der Waals surface area contributed by atoms with Crippen LogP contribution in [0.25, 0.3) is 5.65 Å². The number of likely N-dealkylation sites (tertiary alicyclic amines) is 1. The summed E-state index contributed by atoms with van der Waals surface area (Å²) in [4.78, 5) is 19.6. The van der Waals surface area contributed by atoms with Gasteiger partial charge in [-0.15, -0.1) is 0 Å². The largest absolute Gasteiger partial charge is 0.351 e. The van der Waals surface area contributed by atoms with Gasteiger partial charge in [0.05, 0.1) is 17.0 Å². The topological polar surface area (TPSA) is 62.5 Å². The smallest absolute Gasteiger partial charge is 0.254 e. The van der Waals surface area contributed by atoms with Crippen LogP contribution in [0, 0.1) is 0 Å². The monoisotopic (exact) mass is 357 g/mol. The Bertz CT molecular complexity index is 768.